The first kappa shape index (κ1) is 13.3. The zero-order valence-corrected chi connectivity index (χ0v) is 10.5. The lowest BCUT2D eigenvalue weighted by Crippen LogP contribution is -2.04. The fourth-order valence-corrected chi connectivity index (χ4v) is 1.55. The Kier molecular flexibility index (Phi) is 3.77. The number of aromatic carboxylic acids is 1. The summed E-state index contributed by atoms with van der Waals surface area (Å²) in [5.74, 6) is -0.358. The molecule has 7 heteroatoms. The van der Waals surface area contributed by atoms with Gasteiger partial charge >= 0.3 is 5.97 Å². The van der Waals surface area contributed by atoms with E-state index in [2.05, 4.69) is 15.3 Å². The number of ether oxygens (including phenoxy) is 1. The van der Waals surface area contributed by atoms with Gasteiger partial charge in [-0.2, -0.15) is 5.26 Å². The fraction of sp³-hybridized carbons (Fsp3) is 0.0769. The second kappa shape index (κ2) is 5.67. The van der Waals surface area contributed by atoms with Crippen LogP contribution < -0.4 is 10.1 Å². The number of para-hydroxylation sites is 1. The minimum Gasteiger partial charge on any atom is -0.495 e. The first-order valence-corrected chi connectivity index (χ1v) is 5.55. The lowest BCUT2D eigenvalue weighted by atomic mass is 10.2. The van der Waals surface area contributed by atoms with E-state index in [1.807, 2.05) is 6.07 Å². The number of hydrogen-bond donors (Lipinski definition) is 2. The summed E-state index contributed by atoms with van der Waals surface area (Å²) in [5, 5.41) is 20.7. The van der Waals surface area contributed by atoms with Crippen LogP contribution in [0.25, 0.3) is 0 Å². The van der Waals surface area contributed by atoms with Crippen molar-refractivity contribution >= 4 is 17.5 Å². The molecule has 0 aliphatic heterocycles. The highest BCUT2D eigenvalue weighted by Gasteiger charge is 2.11. The number of aromatic nitrogens is 2. The molecule has 1 aromatic heterocycles. The van der Waals surface area contributed by atoms with Gasteiger partial charge in [0, 0.05) is 0 Å². The smallest absolute Gasteiger partial charge is 0.356 e. The minimum atomic E-state index is -1.15. The number of benzene rings is 1. The van der Waals surface area contributed by atoms with Crippen LogP contribution in [0.15, 0.2) is 30.6 Å². The molecule has 7 nitrogen and oxygen atoms in total. The molecule has 1 heterocycles. The molecule has 20 heavy (non-hydrogen) atoms. The summed E-state index contributed by atoms with van der Waals surface area (Å²) in [6, 6.07) is 7.06. The van der Waals surface area contributed by atoms with Crippen LogP contribution in [-0.4, -0.2) is 28.2 Å². The Morgan fingerprint density at radius 2 is 2.20 bits per heavy atom. The third kappa shape index (κ3) is 2.64. The Bertz CT molecular complexity index is 677. The van der Waals surface area contributed by atoms with Crippen LogP contribution in [-0.2, 0) is 0 Å². The molecule has 2 aromatic rings. The molecule has 100 valence electrons. The maximum Gasteiger partial charge on any atom is 0.356 e. The number of nitrogens with zero attached hydrogens (tertiary/aromatic N) is 3. The molecule has 0 spiro atoms. The zero-order chi connectivity index (χ0) is 14.5. The highest BCUT2D eigenvalue weighted by molar-refractivity contribution is 5.85. The number of rotatable bonds is 4. The topological polar surface area (TPSA) is 108 Å². The number of carboxylic acid groups (broad SMARTS) is 1. The van der Waals surface area contributed by atoms with E-state index in [9.17, 15) is 4.79 Å². The van der Waals surface area contributed by atoms with Crippen LogP contribution in [0.5, 0.6) is 5.75 Å². The van der Waals surface area contributed by atoms with Gasteiger partial charge in [0.2, 0.25) is 0 Å². The average molecular weight is 270 g/mol. The van der Waals surface area contributed by atoms with E-state index in [0.29, 0.717) is 22.8 Å². The second-order valence-corrected chi connectivity index (χ2v) is 3.71. The van der Waals surface area contributed by atoms with Crippen LogP contribution in [0, 0.1) is 11.3 Å². The number of carboxylic acids is 1. The molecule has 2 rings (SSSR count). The molecule has 0 atom stereocenters. The van der Waals surface area contributed by atoms with Gasteiger partial charge in [0.25, 0.3) is 0 Å². The standard InChI is InChI=1S/C13H10N4O3/c1-20-10-4-2-3-8(5-14)12(10)17-11-7-15-9(6-16-11)13(18)19/h2-4,6-7H,1H3,(H,16,17)(H,18,19). The predicted octanol–water partition coefficient (Wildman–Crippen LogP) is 1.80. The van der Waals surface area contributed by atoms with Crippen LogP contribution in [0.4, 0.5) is 11.5 Å². The fourth-order valence-electron chi connectivity index (χ4n) is 1.55. The van der Waals surface area contributed by atoms with Gasteiger partial charge in [0.15, 0.2) is 5.69 Å². The van der Waals surface area contributed by atoms with Crippen molar-refractivity contribution in [3.05, 3.63) is 41.9 Å². The molecule has 0 amide bonds. The van der Waals surface area contributed by atoms with Crippen LogP contribution >= 0.6 is 0 Å². The predicted molar refractivity (Wildman–Crippen MR) is 70.0 cm³/mol. The van der Waals surface area contributed by atoms with Gasteiger partial charge in [-0.25, -0.2) is 14.8 Å². The summed E-state index contributed by atoms with van der Waals surface area (Å²) in [4.78, 5) is 18.3. The van der Waals surface area contributed by atoms with Crippen molar-refractivity contribution in [1.29, 1.82) is 5.26 Å². The van der Waals surface area contributed by atoms with Crippen molar-refractivity contribution in [1.82, 2.24) is 9.97 Å². The van der Waals surface area contributed by atoms with E-state index in [1.54, 1.807) is 18.2 Å². The van der Waals surface area contributed by atoms with E-state index in [-0.39, 0.29) is 5.69 Å². The third-order valence-electron chi connectivity index (χ3n) is 2.49. The maximum atomic E-state index is 10.7. The largest absolute Gasteiger partial charge is 0.495 e. The highest BCUT2D eigenvalue weighted by Crippen LogP contribution is 2.30. The first-order valence-electron chi connectivity index (χ1n) is 5.55. The van der Waals surface area contributed by atoms with Gasteiger partial charge in [0.1, 0.15) is 23.3 Å². The molecule has 0 saturated carbocycles. The van der Waals surface area contributed by atoms with Gasteiger partial charge in [-0.1, -0.05) is 6.07 Å². The van der Waals surface area contributed by atoms with Gasteiger partial charge < -0.3 is 15.2 Å². The van der Waals surface area contributed by atoms with Crippen LogP contribution in [0.2, 0.25) is 0 Å². The Hall–Kier alpha value is -3.14. The van der Waals surface area contributed by atoms with Gasteiger partial charge in [0.05, 0.1) is 25.1 Å². The van der Waals surface area contributed by atoms with E-state index in [4.69, 9.17) is 15.1 Å². The molecule has 2 N–H and O–H groups in total. The maximum absolute atomic E-state index is 10.7. The molecular weight excluding hydrogens is 260 g/mol. The molecular formula is C13H10N4O3. The van der Waals surface area contributed by atoms with E-state index in [1.165, 1.54) is 13.3 Å². The summed E-state index contributed by atoms with van der Waals surface area (Å²) in [5.41, 5.74) is 0.680. The molecule has 0 aliphatic carbocycles. The molecule has 0 fully saturated rings. The third-order valence-corrected chi connectivity index (χ3v) is 2.49. The number of carbonyl (C=O) groups is 1. The average Bonchev–Trinajstić information content (AvgIpc) is 2.48. The van der Waals surface area contributed by atoms with Crippen molar-refractivity contribution in [2.24, 2.45) is 0 Å². The Morgan fingerprint density at radius 1 is 1.40 bits per heavy atom. The number of methoxy groups -OCH3 is 1. The van der Waals surface area contributed by atoms with Gasteiger partial charge in [-0.3, -0.25) is 0 Å². The van der Waals surface area contributed by atoms with E-state index < -0.39 is 5.97 Å². The lowest BCUT2D eigenvalue weighted by Gasteiger charge is -2.11. The molecule has 0 unspecified atom stereocenters. The molecule has 0 saturated heterocycles. The molecule has 0 bridgehead atoms. The highest BCUT2D eigenvalue weighted by atomic mass is 16.5. The second-order valence-electron chi connectivity index (χ2n) is 3.71. The number of nitriles is 1. The SMILES string of the molecule is COc1cccc(C#N)c1Nc1cnc(C(=O)O)cn1. The first-order chi connectivity index (χ1) is 9.65. The van der Waals surface area contributed by atoms with Gasteiger partial charge in [-0.05, 0) is 12.1 Å². The number of anilines is 2. The molecule has 0 radical (unpaired) electrons. The summed E-state index contributed by atoms with van der Waals surface area (Å²) in [7, 11) is 1.49. The van der Waals surface area contributed by atoms with Gasteiger partial charge in [-0.15, -0.1) is 0 Å². The number of nitrogens with one attached hydrogen (secondary N) is 1. The number of hydrogen-bond acceptors (Lipinski definition) is 6. The van der Waals surface area contributed by atoms with Crippen molar-refractivity contribution < 1.29 is 14.6 Å². The molecule has 0 aliphatic rings. The van der Waals surface area contributed by atoms with Crippen molar-refractivity contribution in [3.63, 3.8) is 0 Å². The molecule has 1 aromatic carbocycles. The summed E-state index contributed by atoms with van der Waals surface area (Å²) in [6.07, 6.45) is 2.41. The summed E-state index contributed by atoms with van der Waals surface area (Å²) >= 11 is 0. The normalized spacial score (nSPS) is 9.60. The Morgan fingerprint density at radius 3 is 2.75 bits per heavy atom. The van der Waals surface area contributed by atoms with Crippen molar-refractivity contribution in [2.75, 3.05) is 12.4 Å². The quantitative estimate of drug-likeness (QED) is 0.871. The van der Waals surface area contributed by atoms with Crippen LogP contribution in [0.1, 0.15) is 16.1 Å². The lowest BCUT2D eigenvalue weighted by molar-refractivity contribution is 0.0690. The minimum absolute atomic E-state index is 0.156. The van der Waals surface area contributed by atoms with E-state index >= 15 is 0 Å². The van der Waals surface area contributed by atoms with Crippen molar-refractivity contribution in [2.45, 2.75) is 0 Å². The monoisotopic (exact) mass is 270 g/mol. The zero-order valence-electron chi connectivity index (χ0n) is 10.5. The van der Waals surface area contributed by atoms with Crippen LogP contribution in [0.3, 0.4) is 0 Å². The Balaban J connectivity index is 2.34. The summed E-state index contributed by atoms with van der Waals surface area (Å²) < 4.78 is 5.17. The summed E-state index contributed by atoms with van der Waals surface area (Å²) in [6.45, 7) is 0. The Labute approximate surface area is 114 Å². The van der Waals surface area contributed by atoms with E-state index in [0.717, 1.165) is 6.20 Å². The van der Waals surface area contributed by atoms with Crippen molar-refractivity contribution in [3.8, 4) is 11.8 Å².